The monoisotopic (exact) mass is 230 g/mol. The third kappa shape index (κ3) is 3.87. The third-order valence-electron chi connectivity index (χ3n) is 1.98. The second-order valence-corrected chi connectivity index (χ2v) is 3.30. The SMILES string of the molecule is CCN/C=C(/C#N)C(=O)Nc1ccc(N)cc1. The first-order valence-corrected chi connectivity index (χ1v) is 5.18. The molecule has 17 heavy (non-hydrogen) atoms. The number of nitrogen functional groups attached to an aromatic ring is 1. The molecular weight excluding hydrogens is 216 g/mol. The first kappa shape index (κ1) is 12.6. The van der Waals surface area contributed by atoms with E-state index in [0.717, 1.165) is 0 Å². The Balaban J connectivity index is 2.71. The van der Waals surface area contributed by atoms with Gasteiger partial charge >= 0.3 is 0 Å². The van der Waals surface area contributed by atoms with Gasteiger partial charge in [0.05, 0.1) is 0 Å². The zero-order valence-corrected chi connectivity index (χ0v) is 9.53. The van der Waals surface area contributed by atoms with Gasteiger partial charge in [0.25, 0.3) is 5.91 Å². The number of nitrogens with one attached hydrogen (secondary N) is 2. The molecule has 1 aromatic rings. The summed E-state index contributed by atoms with van der Waals surface area (Å²) < 4.78 is 0. The molecule has 0 saturated carbocycles. The van der Waals surface area contributed by atoms with Crippen molar-refractivity contribution in [3.05, 3.63) is 36.0 Å². The molecule has 1 aromatic carbocycles. The maximum Gasteiger partial charge on any atom is 0.267 e. The van der Waals surface area contributed by atoms with Gasteiger partial charge in [-0.15, -0.1) is 0 Å². The number of carbonyl (C=O) groups is 1. The fourth-order valence-corrected chi connectivity index (χ4v) is 1.12. The van der Waals surface area contributed by atoms with Gasteiger partial charge < -0.3 is 16.4 Å². The van der Waals surface area contributed by atoms with Crippen LogP contribution in [0, 0.1) is 11.3 Å². The van der Waals surface area contributed by atoms with Gasteiger partial charge in [-0.05, 0) is 31.2 Å². The minimum atomic E-state index is -0.446. The summed E-state index contributed by atoms with van der Waals surface area (Å²) in [6, 6.07) is 8.53. The first-order chi connectivity index (χ1) is 8.17. The molecule has 4 N–H and O–H groups in total. The molecule has 5 nitrogen and oxygen atoms in total. The normalized spacial score (nSPS) is 10.5. The number of anilines is 2. The van der Waals surface area contributed by atoms with Crippen LogP contribution < -0.4 is 16.4 Å². The second-order valence-electron chi connectivity index (χ2n) is 3.30. The van der Waals surface area contributed by atoms with E-state index in [9.17, 15) is 4.79 Å². The van der Waals surface area contributed by atoms with Crippen molar-refractivity contribution in [2.24, 2.45) is 0 Å². The van der Waals surface area contributed by atoms with E-state index in [1.54, 1.807) is 24.3 Å². The minimum absolute atomic E-state index is 0.0312. The molecule has 1 rings (SSSR count). The van der Waals surface area contributed by atoms with E-state index in [0.29, 0.717) is 17.9 Å². The van der Waals surface area contributed by atoms with Crippen LogP contribution in [0.25, 0.3) is 0 Å². The zero-order chi connectivity index (χ0) is 12.7. The van der Waals surface area contributed by atoms with Gasteiger partial charge in [-0.25, -0.2) is 0 Å². The molecule has 0 aliphatic rings. The summed E-state index contributed by atoms with van der Waals surface area (Å²) in [5.74, 6) is -0.446. The Morgan fingerprint density at radius 2 is 2.12 bits per heavy atom. The predicted octanol–water partition coefficient (Wildman–Crippen LogP) is 1.22. The molecule has 0 radical (unpaired) electrons. The van der Waals surface area contributed by atoms with E-state index in [1.807, 2.05) is 13.0 Å². The number of hydrogen-bond donors (Lipinski definition) is 3. The molecule has 0 aromatic heterocycles. The van der Waals surface area contributed by atoms with Crippen molar-refractivity contribution in [1.82, 2.24) is 5.32 Å². The molecule has 0 fully saturated rings. The Morgan fingerprint density at radius 1 is 1.47 bits per heavy atom. The van der Waals surface area contributed by atoms with Gasteiger partial charge in [0.2, 0.25) is 0 Å². The van der Waals surface area contributed by atoms with Crippen LogP contribution in [0.1, 0.15) is 6.92 Å². The molecule has 5 heteroatoms. The lowest BCUT2D eigenvalue weighted by molar-refractivity contribution is -0.112. The van der Waals surface area contributed by atoms with Gasteiger partial charge in [0.1, 0.15) is 11.6 Å². The lowest BCUT2D eigenvalue weighted by Crippen LogP contribution is -2.16. The molecule has 0 bridgehead atoms. The molecule has 0 atom stereocenters. The van der Waals surface area contributed by atoms with Crippen LogP contribution >= 0.6 is 0 Å². The van der Waals surface area contributed by atoms with Crippen molar-refractivity contribution in [3.8, 4) is 6.07 Å². The average molecular weight is 230 g/mol. The number of nitrogens with zero attached hydrogens (tertiary/aromatic N) is 1. The minimum Gasteiger partial charge on any atom is -0.399 e. The maximum atomic E-state index is 11.7. The summed E-state index contributed by atoms with van der Waals surface area (Å²) in [7, 11) is 0. The van der Waals surface area contributed by atoms with Gasteiger partial charge in [-0.2, -0.15) is 5.26 Å². The van der Waals surface area contributed by atoms with Crippen molar-refractivity contribution in [1.29, 1.82) is 5.26 Å². The summed E-state index contributed by atoms with van der Waals surface area (Å²) in [5.41, 5.74) is 6.77. The van der Waals surface area contributed by atoms with E-state index in [-0.39, 0.29) is 5.57 Å². The lowest BCUT2D eigenvalue weighted by atomic mass is 10.2. The van der Waals surface area contributed by atoms with E-state index in [4.69, 9.17) is 11.0 Å². The summed E-state index contributed by atoms with van der Waals surface area (Å²) in [4.78, 5) is 11.7. The van der Waals surface area contributed by atoms with Crippen molar-refractivity contribution in [2.45, 2.75) is 6.92 Å². The van der Waals surface area contributed by atoms with Gasteiger partial charge in [0.15, 0.2) is 0 Å². The van der Waals surface area contributed by atoms with E-state index < -0.39 is 5.91 Å². The van der Waals surface area contributed by atoms with Crippen molar-refractivity contribution < 1.29 is 4.79 Å². The average Bonchev–Trinajstić information content (AvgIpc) is 2.33. The summed E-state index contributed by atoms with van der Waals surface area (Å²) in [6.45, 7) is 2.53. The Bertz CT molecular complexity index is 456. The highest BCUT2D eigenvalue weighted by molar-refractivity contribution is 6.06. The molecule has 88 valence electrons. The summed E-state index contributed by atoms with van der Waals surface area (Å²) in [5, 5.41) is 14.2. The van der Waals surface area contributed by atoms with Crippen LogP contribution in [0.4, 0.5) is 11.4 Å². The van der Waals surface area contributed by atoms with Crippen molar-refractivity contribution >= 4 is 17.3 Å². The summed E-state index contributed by atoms with van der Waals surface area (Å²) in [6.07, 6.45) is 1.40. The standard InChI is InChI=1S/C12H14N4O/c1-2-15-8-9(7-13)12(17)16-11-5-3-10(14)4-6-11/h3-6,8,15H,2,14H2,1H3,(H,16,17)/b9-8-. The van der Waals surface area contributed by atoms with Crippen LogP contribution in [0.15, 0.2) is 36.0 Å². The molecule has 0 aliphatic carbocycles. The smallest absolute Gasteiger partial charge is 0.267 e. The molecule has 0 saturated heterocycles. The highest BCUT2D eigenvalue weighted by atomic mass is 16.1. The maximum absolute atomic E-state index is 11.7. The van der Waals surface area contributed by atoms with Crippen LogP contribution in [-0.4, -0.2) is 12.5 Å². The van der Waals surface area contributed by atoms with Gasteiger partial charge in [-0.1, -0.05) is 0 Å². The van der Waals surface area contributed by atoms with Crippen LogP contribution in [0.2, 0.25) is 0 Å². The van der Waals surface area contributed by atoms with Crippen LogP contribution in [0.5, 0.6) is 0 Å². The Kier molecular flexibility index (Phi) is 4.58. The van der Waals surface area contributed by atoms with Gasteiger partial charge in [-0.3, -0.25) is 4.79 Å². The number of amides is 1. The number of rotatable bonds is 4. The lowest BCUT2D eigenvalue weighted by Gasteiger charge is -2.04. The Morgan fingerprint density at radius 3 is 2.65 bits per heavy atom. The summed E-state index contributed by atoms with van der Waals surface area (Å²) >= 11 is 0. The van der Waals surface area contributed by atoms with Crippen molar-refractivity contribution in [3.63, 3.8) is 0 Å². The Labute approximate surface area is 99.9 Å². The molecule has 1 amide bonds. The second kappa shape index (κ2) is 6.18. The number of hydrogen-bond acceptors (Lipinski definition) is 4. The topological polar surface area (TPSA) is 90.9 Å². The largest absolute Gasteiger partial charge is 0.399 e. The fraction of sp³-hybridized carbons (Fsp3) is 0.167. The van der Waals surface area contributed by atoms with Gasteiger partial charge in [0, 0.05) is 24.1 Å². The number of nitrogens with two attached hydrogens (primary N) is 1. The third-order valence-corrected chi connectivity index (χ3v) is 1.98. The number of nitriles is 1. The van der Waals surface area contributed by atoms with Crippen LogP contribution in [-0.2, 0) is 4.79 Å². The van der Waals surface area contributed by atoms with E-state index >= 15 is 0 Å². The number of benzene rings is 1. The highest BCUT2D eigenvalue weighted by Gasteiger charge is 2.08. The molecule has 0 heterocycles. The Hall–Kier alpha value is -2.48. The molecule has 0 spiro atoms. The zero-order valence-electron chi connectivity index (χ0n) is 9.53. The molecule has 0 aliphatic heterocycles. The highest BCUT2D eigenvalue weighted by Crippen LogP contribution is 2.11. The first-order valence-electron chi connectivity index (χ1n) is 5.18. The molecule has 0 unspecified atom stereocenters. The fourth-order valence-electron chi connectivity index (χ4n) is 1.12. The van der Waals surface area contributed by atoms with Crippen LogP contribution in [0.3, 0.4) is 0 Å². The van der Waals surface area contributed by atoms with E-state index in [2.05, 4.69) is 10.6 Å². The molecular formula is C12H14N4O. The van der Waals surface area contributed by atoms with Crippen molar-refractivity contribution in [2.75, 3.05) is 17.6 Å². The van der Waals surface area contributed by atoms with E-state index in [1.165, 1.54) is 6.20 Å². The predicted molar refractivity (Wildman–Crippen MR) is 66.9 cm³/mol. The number of carbonyl (C=O) groups excluding carboxylic acids is 1. The quantitative estimate of drug-likeness (QED) is 0.412.